The molecule has 0 unspecified atom stereocenters. The summed E-state index contributed by atoms with van der Waals surface area (Å²) in [6.45, 7) is 1.36. The Labute approximate surface area is 183 Å². The van der Waals surface area contributed by atoms with Gasteiger partial charge in [0, 0.05) is 19.3 Å². The van der Waals surface area contributed by atoms with Crippen molar-refractivity contribution >= 4 is 54.0 Å². The zero-order valence-electron chi connectivity index (χ0n) is 16.6. The lowest BCUT2D eigenvalue weighted by molar-refractivity contribution is 0.0725. The largest absolute Gasteiger partial charge is 0.339 e. The first-order chi connectivity index (χ1) is 15.0. The Hall–Kier alpha value is -3.04. The molecule has 0 spiro atoms. The van der Waals surface area contributed by atoms with Crippen LogP contribution in [-0.4, -0.2) is 41.7 Å². The maximum Gasteiger partial charge on any atom is 0.280 e. The molecule has 9 heteroatoms. The number of hydrogen-bond donors (Lipinski definition) is 1. The molecule has 1 aliphatic heterocycles. The predicted octanol–water partition coefficient (Wildman–Crippen LogP) is 4.27. The summed E-state index contributed by atoms with van der Waals surface area (Å²) in [5.41, 5.74) is 0.607. The number of anilines is 1. The summed E-state index contributed by atoms with van der Waals surface area (Å²) in [7, 11) is -4.03. The number of nitrogens with zero attached hydrogens (tertiary/aromatic N) is 3. The van der Waals surface area contributed by atoms with E-state index in [2.05, 4.69) is 14.1 Å². The summed E-state index contributed by atoms with van der Waals surface area (Å²) >= 11 is 1.21. The van der Waals surface area contributed by atoms with Crippen molar-refractivity contribution in [1.29, 1.82) is 0 Å². The van der Waals surface area contributed by atoms with E-state index in [1.165, 1.54) is 23.9 Å². The number of benzene rings is 2. The first-order valence-electron chi connectivity index (χ1n) is 10.1. The van der Waals surface area contributed by atoms with Crippen molar-refractivity contribution in [3.8, 4) is 0 Å². The number of nitrogens with one attached hydrogen (secondary N) is 1. The molecule has 1 fully saturated rings. The molecule has 1 saturated heterocycles. The van der Waals surface area contributed by atoms with Gasteiger partial charge in [-0.15, -0.1) is 0 Å². The molecule has 3 heterocycles. The van der Waals surface area contributed by atoms with E-state index < -0.39 is 10.0 Å². The summed E-state index contributed by atoms with van der Waals surface area (Å²) in [5, 5.41) is 2.10. The van der Waals surface area contributed by atoms with Crippen LogP contribution in [0.2, 0.25) is 0 Å². The molecule has 0 saturated carbocycles. The van der Waals surface area contributed by atoms with Gasteiger partial charge in [0.15, 0.2) is 5.03 Å². The van der Waals surface area contributed by atoms with Gasteiger partial charge < -0.3 is 4.90 Å². The van der Waals surface area contributed by atoms with Crippen molar-refractivity contribution in [1.82, 2.24) is 14.3 Å². The van der Waals surface area contributed by atoms with Crippen molar-refractivity contribution in [3.63, 3.8) is 0 Å². The highest BCUT2D eigenvalue weighted by Crippen LogP contribution is 2.30. The molecule has 0 bridgehead atoms. The number of likely N-dealkylation sites (tertiary alicyclic amines) is 1. The monoisotopic (exact) mass is 452 g/mol. The first kappa shape index (κ1) is 19.9. The van der Waals surface area contributed by atoms with Crippen LogP contribution >= 0.6 is 11.5 Å². The Balaban J connectivity index is 1.61. The van der Waals surface area contributed by atoms with E-state index in [0.29, 0.717) is 24.0 Å². The normalized spacial score (nSPS) is 14.8. The maximum absolute atomic E-state index is 13.3. The fourth-order valence-electron chi connectivity index (χ4n) is 3.95. The maximum atomic E-state index is 13.3. The molecule has 1 amide bonds. The Morgan fingerprint density at radius 3 is 2.55 bits per heavy atom. The second-order valence-corrected chi connectivity index (χ2v) is 9.99. The minimum absolute atomic E-state index is 0.0942. The molecule has 158 valence electrons. The zero-order chi connectivity index (χ0) is 21.4. The van der Waals surface area contributed by atoms with E-state index in [0.717, 1.165) is 34.7 Å². The van der Waals surface area contributed by atoms with Gasteiger partial charge in [-0.25, -0.2) is 4.98 Å². The van der Waals surface area contributed by atoms with Gasteiger partial charge in [-0.05, 0) is 59.8 Å². The second-order valence-electron chi connectivity index (χ2n) is 7.56. The van der Waals surface area contributed by atoms with Crippen LogP contribution in [0.5, 0.6) is 0 Å². The summed E-state index contributed by atoms with van der Waals surface area (Å²) in [6, 6.07) is 12.8. The number of amides is 1. The van der Waals surface area contributed by atoms with E-state index in [1.54, 1.807) is 23.1 Å². The molecule has 0 aliphatic carbocycles. The van der Waals surface area contributed by atoms with E-state index in [1.807, 2.05) is 24.3 Å². The molecule has 2 aromatic heterocycles. The Bertz CT molecular complexity index is 1390. The molecule has 0 atom stereocenters. The summed E-state index contributed by atoms with van der Waals surface area (Å²) in [6.07, 6.45) is 5.97. The van der Waals surface area contributed by atoms with E-state index in [9.17, 15) is 13.2 Å². The van der Waals surface area contributed by atoms with Crippen LogP contribution in [0.4, 0.5) is 5.69 Å². The molecule has 7 nitrogen and oxygen atoms in total. The Kier molecular flexibility index (Phi) is 5.07. The van der Waals surface area contributed by atoms with Gasteiger partial charge in [-0.3, -0.25) is 9.52 Å². The van der Waals surface area contributed by atoms with Gasteiger partial charge >= 0.3 is 0 Å². The second kappa shape index (κ2) is 7.90. The Morgan fingerprint density at radius 2 is 1.77 bits per heavy atom. The van der Waals surface area contributed by atoms with E-state index >= 15 is 0 Å². The fraction of sp³-hybridized carbons (Fsp3) is 0.227. The van der Waals surface area contributed by atoms with Crippen molar-refractivity contribution in [2.45, 2.75) is 24.3 Å². The van der Waals surface area contributed by atoms with Crippen LogP contribution in [0, 0.1) is 0 Å². The van der Waals surface area contributed by atoms with Crippen LogP contribution in [0.1, 0.15) is 29.6 Å². The number of hydrogen-bond acceptors (Lipinski definition) is 6. The van der Waals surface area contributed by atoms with Crippen LogP contribution < -0.4 is 4.72 Å². The molecular weight excluding hydrogens is 432 g/mol. The molecule has 5 rings (SSSR count). The minimum atomic E-state index is -4.03. The van der Waals surface area contributed by atoms with Crippen molar-refractivity contribution in [3.05, 3.63) is 60.4 Å². The smallest absolute Gasteiger partial charge is 0.280 e. The van der Waals surface area contributed by atoms with Crippen molar-refractivity contribution in [2.75, 3.05) is 17.8 Å². The van der Waals surface area contributed by atoms with Gasteiger partial charge in [0.2, 0.25) is 0 Å². The van der Waals surface area contributed by atoms with Crippen molar-refractivity contribution < 1.29 is 13.2 Å². The molecule has 1 aliphatic rings. The number of carbonyl (C=O) groups excluding carboxylic acids is 1. The first-order valence-corrected chi connectivity index (χ1v) is 12.3. The van der Waals surface area contributed by atoms with Gasteiger partial charge in [0.05, 0.1) is 27.5 Å². The number of sulfonamides is 1. The number of rotatable bonds is 4. The lowest BCUT2D eigenvalue weighted by atomic mass is 10.0. The third kappa shape index (κ3) is 3.75. The summed E-state index contributed by atoms with van der Waals surface area (Å²) in [5.74, 6) is -0.161. The summed E-state index contributed by atoms with van der Waals surface area (Å²) < 4.78 is 34.0. The summed E-state index contributed by atoms with van der Waals surface area (Å²) in [4.78, 5) is 19.2. The lowest BCUT2D eigenvalue weighted by Gasteiger charge is -2.27. The number of pyridine rings is 1. The van der Waals surface area contributed by atoms with Crippen LogP contribution in [0.15, 0.2) is 59.9 Å². The van der Waals surface area contributed by atoms with Gasteiger partial charge in [-0.1, -0.05) is 24.3 Å². The molecule has 4 aromatic rings. The molecule has 31 heavy (non-hydrogen) atoms. The number of fused-ring (bicyclic) bond motifs is 2. The van der Waals surface area contributed by atoms with Crippen LogP contribution in [-0.2, 0) is 10.0 Å². The number of aromatic nitrogens is 2. The quantitative estimate of drug-likeness (QED) is 0.499. The fourth-order valence-corrected chi connectivity index (χ4v) is 5.86. The third-order valence-corrected chi connectivity index (χ3v) is 7.59. The van der Waals surface area contributed by atoms with Gasteiger partial charge in [0.25, 0.3) is 15.9 Å². The van der Waals surface area contributed by atoms with Crippen LogP contribution in [0.3, 0.4) is 0 Å². The number of carbonyl (C=O) groups is 1. The highest BCUT2D eigenvalue weighted by Gasteiger charge is 2.26. The average molecular weight is 453 g/mol. The van der Waals surface area contributed by atoms with Crippen molar-refractivity contribution in [2.24, 2.45) is 0 Å². The number of piperidine rings is 1. The lowest BCUT2D eigenvalue weighted by Crippen LogP contribution is -2.36. The highest BCUT2D eigenvalue weighted by molar-refractivity contribution is 7.92. The third-order valence-electron chi connectivity index (χ3n) is 5.50. The average Bonchev–Trinajstić information content (AvgIpc) is 3.27. The molecular formula is C22H20N4O3S2. The molecule has 2 aromatic carbocycles. The standard InChI is InChI=1S/C22H20N4O3S2/c27-22(26-10-4-1-5-11-26)17-12-15-6-2-3-7-16(15)13-19(17)25-31(28,29)21-18-14-24-30-20(18)8-9-23-21/h2-3,6-9,12-14,25H,1,4-5,10-11H2. The highest BCUT2D eigenvalue weighted by atomic mass is 32.2. The molecule has 1 N–H and O–H groups in total. The van der Waals surface area contributed by atoms with E-state index in [4.69, 9.17) is 0 Å². The predicted molar refractivity (Wildman–Crippen MR) is 122 cm³/mol. The minimum Gasteiger partial charge on any atom is -0.339 e. The topological polar surface area (TPSA) is 92.3 Å². The van der Waals surface area contributed by atoms with Gasteiger partial charge in [-0.2, -0.15) is 12.8 Å². The van der Waals surface area contributed by atoms with Gasteiger partial charge in [0.1, 0.15) is 0 Å². The van der Waals surface area contributed by atoms with Crippen LogP contribution in [0.25, 0.3) is 20.9 Å². The Morgan fingerprint density at radius 1 is 1.03 bits per heavy atom. The SMILES string of the molecule is O=C(c1cc2ccccc2cc1NS(=O)(=O)c1nccc2sncc12)N1CCCCC1. The zero-order valence-corrected chi connectivity index (χ0v) is 18.2. The molecule has 0 radical (unpaired) electrons. The van der Waals surface area contributed by atoms with E-state index in [-0.39, 0.29) is 16.6 Å².